The summed E-state index contributed by atoms with van der Waals surface area (Å²) in [5.74, 6) is -0.128. The van der Waals surface area contributed by atoms with Crippen LogP contribution in [-0.4, -0.2) is 43.5 Å². The van der Waals surface area contributed by atoms with Gasteiger partial charge < -0.3 is 15.1 Å². The molecular weight excluding hydrogens is 317 g/mol. The number of carbonyl (C=O) groups excluding carboxylic acids is 1. The minimum absolute atomic E-state index is 0.146. The van der Waals surface area contributed by atoms with Crippen LogP contribution in [0.2, 0.25) is 0 Å². The Bertz CT molecular complexity index is 726. The minimum Gasteiger partial charge on any atom is -0.384 e. The second-order valence-electron chi connectivity index (χ2n) is 6.39. The zero-order valence-corrected chi connectivity index (χ0v) is 14.5. The standard InChI is InChI=1S/C20H24FN3O/c1-16-4-2-7-19(14-16)23-10-12-24(13-11-23)20(25)8-9-22-18-6-3-5-17(21)15-18/h2-7,14-15,22H,8-13H2,1H3. The summed E-state index contributed by atoms with van der Waals surface area (Å²) in [6.45, 7) is 5.80. The summed E-state index contributed by atoms with van der Waals surface area (Å²) in [5, 5.41) is 3.10. The molecule has 1 heterocycles. The zero-order chi connectivity index (χ0) is 17.6. The monoisotopic (exact) mass is 341 g/mol. The van der Waals surface area contributed by atoms with Gasteiger partial charge in [-0.25, -0.2) is 4.39 Å². The predicted molar refractivity (Wildman–Crippen MR) is 99.5 cm³/mol. The molecule has 1 N–H and O–H groups in total. The van der Waals surface area contributed by atoms with Crippen LogP contribution in [0.3, 0.4) is 0 Å². The van der Waals surface area contributed by atoms with Gasteiger partial charge >= 0.3 is 0 Å². The fourth-order valence-corrected chi connectivity index (χ4v) is 3.11. The van der Waals surface area contributed by atoms with Crippen molar-refractivity contribution in [3.63, 3.8) is 0 Å². The second-order valence-corrected chi connectivity index (χ2v) is 6.39. The van der Waals surface area contributed by atoms with Gasteiger partial charge in [0.1, 0.15) is 5.82 Å². The van der Waals surface area contributed by atoms with Crippen molar-refractivity contribution in [3.05, 3.63) is 59.9 Å². The molecule has 0 radical (unpaired) electrons. The number of nitrogens with one attached hydrogen (secondary N) is 1. The summed E-state index contributed by atoms with van der Waals surface area (Å²) in [4.78, 5) is 16.6. The molecule has 0 bridgehead atoms. The number of halogens is 1. The average Bonchev–Trinajstić information content (AvgIpc) is 2.62. The average molecular weight is 341 g/mol. The molecule has 2 aromatic carbocycles. The SMILES string of the molecule is Cc1cccc(N2CCN(C(=O)CCNc3cccc(F)c3)CC2)c1. The third-order valence-electron chi connectivity index (χ3n) is 4.49. The maximum absolute atomic E-state index is 13.1. The van der Waals surface area contributed by atoms with Crippen LogP contribution < -0.4 is 10.2 Å². The molecule has 1 amide bonds. The van der Waals surface area contributed by atoms with Crippen molar-refractivity contribution in [2.75, 3.05) is 42.9 Å². The maximum atomic E-state index is 13.1. The first-order valence-electron chi connectivity index (χ1n) is 8.71. The predicted octanol–water partition coefficient (Wildman–Crippen LogP) is 3.28. The lowest BCUT2D eigenvalue weighted by Crippen LogP contribution is -2.49. The van der Waals surface area contributed by atoms with Crippen LogP contribution in [-0.2, 0) is 4.79 Å². The molecule has 1 aliphatic rings. The van der Waals surface area contributed by atoms with E-state index < -0.39 is 0 Å². The first-order chi connectivity index (χ1) is 12.1. The van der Waals surface area contributed by atoms with Crippen LogP contribution in [0.4, 0.5) is 15.8 Å². The number of rotatable bonds is 5. The topological polar surface area (TPSA) is 35.6 Å². The van der Waals surface area contributed by atoms with E-state index in [2.05, 4.69) is 41.4 Å². The smallest absolute Gasteiger partial charge is 0.224 e. The molecule has 0 unspecified atom stereocenters. The normalized spacial score (nSPS) is 14.5. The van der Waals surface area contributed by atoms with E-state index in [1.807, 2.05) is 4.90 Å². The van der Waals surface area contributed by atoms with Crippen LogP contribution in [0.25, 0.3) is 0 Å². The van der Waals surface area contributed by atoms with Crippen molar-refractivity contribution in [1.82, 2.24) is 4.90 Å². The largest absolute Gasteiger partial charge is 0.384 e. The van der Waals surface area contributed by atoms with Gasteiger partial charge in [0, 0.05) is 50.5 Å². The first-order valence-corrected chi connectivity index (χ1v) is 8.71. The van der Waals surface area contributed by atoms with E-state index in [4.69, 9.17) is 0 Å². The van der Waals surface area contributed by atoms with Crippen molar-refractivity contribution >= 4 is 17.3 Å². The number of carbonyl (C=O) groups is 1. The highest BCUT2D eigenvalue weighted by molar-refractivity contribution is 5.77. The molecule has 4 nitrogen and oxygen atoms in total. The molecule has 0 atom stereocenters. The molecule has 5 heteroatoms. The fraction of sp³-hybridized carbons (Fsp3) is 0.350. The highest BCUT2D eigenvalue weighted by Crippen LogP contribution is 2.18. The Morgan fingerprint density at radius 2 is 1.84 bits per heavy atom. The van der Waals surface area contributed by atoms with E-state index in [0.29, 0.717) is 18.7 Å². The Labute approximate surface area is 148 Å². The molecule has 1 fully saturated rings. The molecular formula is C20H24FN3O. The Kier molecular flexibility index (Phi) is 5.53. The molecule has 0 aromatic heterocycles. The number of piperazine rings is 1. The van der Waals surface area contributed by atoms with Gasteiger partial charge in [0.05, 0.1) is 0 Å². The second kappa shape index (κ2) is 8.01. The van der Waals surface area contributed by atoms with E-state index in [1.165, 1.54) is 23.4 Å². The summed E-state index contributed by atoms with van der Waals surface area (Å²) in [7, 11) is 0. The lowest BCUT2D eigenvalue weighted by atomic mass is 10.2. The van der Waals surface area contributed by atoms with Crippen LogP contribution in [0, 0.1) is 12.7 Å². The zero-order valence-electron chi connectivity index (χ0n) is 14.5. The number of amides is 1. The minimum atomic E-state index is -0.274. The Morgan fingerprint density at radius 3 is 2.56 bits per heavy atom. The summed E-state index contributed by atoms with van der Waals surface area (Å²) < 4.78 is 13.1. The molecule has 3 rings (SSSR count). The molecule has 132 valence electrons. The van der Waals surface area contributed by atoms with E-state index in [-0.39, 0.29) is 11.7 Å². The van der Waals surface area contributed by atoms with Gasteiger partial charge in [-0.15, -0.1) is 0 Å². The summed E-state index contributed by atoms with van der Waals surface area (Å²) in [6.07, 6.45) is 0.418. The van der Waals surface area contributed by atoms with Gasteiger partial charge in [-0.2, -0.15) is 0 Å². The number of aryl methyl sites for hydroxylation is 1. The molecule has 25 heavy (non-hydrogen) atoms. The van der Waals surface area contributed by atoms with Crippen molar-refractivity contribution < 1.29 is 9.18 Å². The maximum Gasteiger partial charge on any atom is 0.224 e. The third-order valence-corrected chi connectivity index (χ3v) is 4.49. The van der Waals surface area contributed by atoms with E-state index >= 15 is 0 Å². The fourth-order valence-electron chi connectivity index (χ4n) is 3.11. The highest BCUT2D eigenvalue weighted by atomic mass is 19.1. The lowest BCUT2D eigenvalue weighted by molar-refractivity contribution is -0.131. The molecule has 2 aromatic rings. The van der Waals surface area contributed by atoms with Gasteiger partial charge in [-0.1, -0.05) is 18.2 Å². The van der Waals surface area contributed by atoms with Crippen molar-refractivity contribution in [3.8, 4) is 0 Å². The van der Waals surface area contributed by atoms with E-state index in [0.717, 1.165) is 26.2 Å². The first kappa shape index (κ1) is 17.3. The highest BCUT2D eigenvalue weighted by Gasteiger charge is 2.20. The molecule has 0 aliphatic carbocycles. The molecule has 1 aliphatic heterocycles. The quantitative estimate of drug-likeness (QED) is 0.906. The Balaban J connectivity index is 1.44. The number of hydrogen-bond acceptors (Lipinski definition) is 3. The number of nitrogens with zero attached hydrogens (tertiary/aromatic N) is 2. The summed E-state index contributed by atoms with van der Waals surface area (Å²) in [6, 6.07) is 14.8. The molecule has 0 saturated carbocycles. The van der Waals surface area contributed by atoms with Gasteiger partial charge in [-0.05, 0) is 42.8 Å². The van der Waals surface area contributed by atoms with E-state index in [9.17, 15) is 9.18 Å². The van der Waals surface area contributed by atoms with Crippen LogP contribution >= 0.6 is 0 Å². The van der Waals surface area contributed by atoms with Gasteiger partial charge in [0.15, 0.2) is 0 Å². The Morgan fingerprint density at radius 1 is 1.08 bits per heavy atom. The van der Waals surface area contributed by atoms with Gasteiger partial charge in [0.2, 0.25) is 5.91 Å². The lowest BCUT2D eigenvalue weighted by Gasteiger charge is -2.36. The van der Waals surface area contributed by atoms with Gasteiger partial charge in [0.25, 0.3) is 0 Å². The Hall–Kier alpha value is -2.56. The van der Waals surface area contributed by atoms with Crippen molar-refractivity contribution in [2.24, 2.45) is 0 Å². The van der Waals surface area contributed by atoms with Gasteiger partial charge in [-0.3, -0.25) is 4.79 Å². The van der Waals surface area contributed by atoms with Crippen LogP contribution in [0.5, 0.6) is 0 Å². The number of hydrogen-bond donors (Lipinski definition) is 1. The third kappa shape index (κ3) is 4.72. The number of anilines is 2. The number of benzene rings is 2. The van der Waals surface area contributed by atoms with Crippen molar-refractivity contribution in [1.29, 1.82) is 0 Å². The van der Waals surface area contributed by atoms with E-state index in [1.54, 1.807) is 12.1 Å². The van der Waals surface area contributed by atoms with Crippen LogP contribution in [0.1, 0.15) is 12.0 Å². The molecule has 0 spiro atoms. The summed E-state index contributed by atoms with van der Waals surface area (Å²) in [5.41, 5.74) is 3.18. The summed E-state index contributed by atoms with van der Waals surface area (Å²) >= 11 is 0. The molecule has 1 saturated heterocycles. The van der Waals surface area contributed by atoms with Crippen LogP contribution in [0.15, 0.2) is 48.5 Å². The van der Waals surface area contributed by atoms with Crippen molar-refractivity contribution in [2.45, 2.75) is 13.3 Å².